The molecule has 0 saturated carbocycles. The van der Waals surface area contributed by atoms with Crippen molar-refractivity contribution in [2.45, 2.75) is 20.4 Å². The van der Waals surface area contributed by atoms with E-state index in [2.05, 4.69) is 20.4 Å². The Balaban J connectivity index is 1.76. The van der Waals surface area contributed by atoms with Gasteiger partial charge in [0.2, 0.25) is 0 Å². The van der Waals surface area contributed by atoms with E-state index in [0.29, 0.717) is 36.6 Å². The first kappa shape index (κ1) is 17.5. The van der Waals surface area contributed by atoms with Crippen LogP contribution in [0.3, 0.4) is 0 Å². The van der Waals surface area contributed by atoms with Crippen LogP contribution >= 0.6 is 0 Å². The molecule has 0 aliphatic heterocycles. The molecule has 0 N–H and O–H groups in total. The van der Waals surface area contributed by atoms with Crippen molar-refractivity contribution in [2.24, 2.45) is 0 Å². The van der Waals surface area contributed by atoms with Crippen molar-refractivity contribution in [1.82, 2.24) is 34.9 Å². The van der Waals surface area contributed by atoms with Gasteiger partial charge in [-0.05, 0) is 19.1 Å². The Hall–Kier alpha value is -3.36. The Labute approximate surface area is 150 Å². The molecule has 0 fully saturated rings. The van der Waals surface area contributed by atoms with Crippen molar-refractivity contribution in [3.63, 3.8) is 0 Å². The summed E-state index contributed by atoms with van der Waals surface area (Å²) in [5.41, 5.74) is 1.45. The molecule has 3 rings (SSSR count). The maximum absolute atomic E-state index is 13.0. The summed E-state index contributed by atoms with van der Waals surface area (Å²) in [4.78, 5) is 28.8. The standard InChI is InChI=1S/C17H19N7O2/c1-3-22(10-11-23-20-12-15(21-23)13(2)25)17(26)14-6-4-5-7-16(14)24-18-8-9-19-24/h4-9,12H,3,10-11H2,1-2H3. The maximum atomic E-state index is 13.0. The molecule has 134 valence electrons. The molecule has 0 unspecified atom stereocenters. The average molecular weight is 353 g/mol. The van der Waals surface area contributed by atoms with Crippen LogP contribution in [0.15, 0.2) is 42.9 Å². The predicted octanol–water partition coefficient (Wildman–Crippen LogP) is 1.22. The number of hydrogen-bond acceptors (Lipinski definition) is 6. The minimum Gasteiger partial charge on any atom is -0.337 e. The number of benzene rings is 1. The summed E-state index contributed by atoms with van der Waals surface area (Å²) in [5.74, 6) is -0.264. The SMILES string of the molecule is CCN(CCn1ncc(C(C)=O)n1)C(=O)c1ccccc1-n1nccn1. The van der Waals surface area contributed by atoms with Gasteiger partial charge in [-0.25, -0.2) is 0 Å². The van der Waals surface area contributed by atoms with Gasteiger partial charge in [-0.15, -0.1) is 0 Å². The van der Waals surface area contributed by atoms with E-state index in [0.717, 1.165) is 0 Å². The number of nitrogens with zero attached hydrogens (tertiary/aromatic N) is 7. The molecule has 0 spiro atoms. The van der Waals surface area contributed by atoms with Crippen LogP contribution in [0, 0.1) is 0 Å². The molecule has 1 aromatic carbocycles. The van der Waals surface area contributed by atoms with Gasteiger partial charge in [0.05, 0.1) is 36.4 Å². The number of likely N-dealkylation sites (N-methyl/N-ethyl adjacent to an activating group) is 1. The second kappa shape index (κ2) is 7.68. The van der Waals surface area contributed by atoms with Crippen molar-refractivity contribution >= 4 is 11.7 Å². The van der Waals surface area contributed by atoms with Crippen LogP contribution in [0.5, 0.6) is 0 Å². The highest BCUT2D eigenvalue weighted by Crippen LogP contribution is 2.15. The van der Waals surface area contributed by atoms with E-state index >= 15 is 0 Å². The summed E-state index contributed by atoms with van der Waals surface area (Å²) in [5, 5.41) is 16.4. The molecule has 2 heterocycles. The van der Waals surface area contributed by atoms with Gasteiger partial charge in [-0.1, -0.05) is 12.1 Å². The van der Waals surface area contributed by atoms with E-state index in [1.165, 1.54) is 22.7 Å². The molecule has 2 aromatic heterocycles. The molecule has 9 heteroatoms. The van der Waals surface area contributed by atoms with E-state index in [1.807, 2.05) is 19.1 Å². The summed E-state index contributed by atoms with van der Waals surface area (Å²) in [6, 6.07) is 7.20. The van der Waals surface area contributed by atoms with Crippen LogP contribution in [0.25, 0.3) is 5.69 Å². The number of aromatic nitrogens is 6. The molecule has 0 radical (unpaired) electrons. The zero-order valence-electron chi connectivity index (χ0n) is 14.6. The molecule has 26 heavy (non-hydrogen) atoms. The zero-order valence-corrected chi connectivity index (χ0v) is 14.6. The van der Waals surface area contributed by atoms with Crippen molar-refractivity contribution in [1.29, 1.82) is 0 Å². The lowest BCUT2D eigenvalue weighted by molar-refractivity contribution is 0.0754. The second-order valence-electron chi connectivity index (χ2n) is 5.60. The first-order valence-corrected chi connectivity index (χ1v) is 8.26. The Bertz CT molecular complexity index is 901. The van der Waals surface area contributed by atoms with Crippen LogP contribution in [0.1, 0.15) is 34.7 Å². The summed E-state index contributed by atoms with van der Waals surface area (Å²) in [7, 11) is 0. The summed E-state index contributed by atoms with van der Waals surface area (Å²) in [6.45, 7) is 4.69. The van der Waals surface area contributed by atoms with Crippen molar-refractivity contribution in [3.05, 3.63) is 54.1 Å². The number of rotatable bonds is 7. The normalized spacial score (nSPS) is 10.7. The summed E-state index contributed by atoms with van der Waals surface area (Å²) in [6.07, 6.45) is 4.56. The van der Waals surface area contributed by atoms with E-state index in [1.54, 1.807) is 29.4 Å². The lowest BCUT2D eigenvalue weighted by Crippen LogP contribution is -2.34. The first-order chi connectivity index (χ1) is 12.6. The van der Waals surface area contributed by atoms with E-state index < -0.39 is 0 Å². The van der Waals surface area contributed by atoms with E-state index in [9.17, 15) is 9.59 Å². The molecule has 9 nitrogen and oxygen atoms in total. The second-order valence-corrected chi connectivity index (χ2v) is 5.60. The summed E-state index contributed by atoms with van der Waals surface area (Å²) < 4.78 is 0. The van der Waals surface area contributed by atoms with Crippen LogP contribution in [0.4, 0.5) is 0 Å². The number of para-hydroxylation sites is 1. The van der Waals surface area contributed by atoms with Gasteiger partial charge in [0.15, 0.2) is 5.78 Å². The topological polar surface area (TPSA) is 98.8 Å². The average Bonchev–Trinajstić information content (AvgIpc) is 3.34. The van der Waals surface area contributed by atoms with Gasteiger partial charge in [-0.3, -0.25) is 9.59 Å². The van der Waals surface area contributed by atoms with Crippen molar-refractivity contribution in [3.8, 4) is 5.69 Å². The zero-order chi connectivity index (χ0) is 18.5. The molecule has 0 atom stereocenters. The Kier molecular flexibility index (Phi) is 5.16. The fourth-order valence-electron chi connectivity index (χ4n) is 2.52. The highest BCUT2D eigenvalue weighted by Gasteiger charge is 2.19. The highest BCUT2D eigenvalue weighted by atomic mass is 16.2. The van der Waals surface area contributed by atoms with Gasteiger partial charge < -0.3 is 4.90 Å². The van der Waals surface area contributed by atoms with Crippen LogP contribution in [-0.2, 0) is 6.54 Å². The predicted molar refractivity (Wildman–Crippen MR) is 93.0 cm³/mol. The van der Waals surface area contributed by atoms with Crippen molar-refractivity contribution < 1.29 is 9.59 Å². The minimum atomic E-state index is -0.139. The number of Topliss-reactive ketones (excluding diaryl/α,β-unsaturated/α-hetero) is 1. The minimum absolute atomic E-state index is 0.126. The molecular weight excluding hydrogens is 334 g/mol. The summed E-state index contributed by atoms with van der Waals surface area (Å²) >= 11 is 0. The smallest absolute Gasteiger partial charge is 0.256 e. The fraction of sp³-hybridized carbons (Fsp3) is 0.294. The number of ketones is 1. The van der Waals surface area contributed by atoms with Gasteiger partial charge in [0.1, 0.15) is 5.69 Å². The molecule has 1 amide bonds. The molecule has 0 aliphatic carbocycles. The van der Waals surface area contributed by atoms with Crippen LogP contribution < -0.4 is 0 Å². The van der Waals surface area contributed by atoms with Gasteiger partial charge in [0.25, 0.3) is 5.91 Å². The largest absolute Gasteiger partial charge is 0.337 e. The monoisotopic (exact) mass is 353 g/mol. The fourth-order valence-corrected chi connectivity index (χ4v) is 2.52. The third-order valence-corrected chi connectivity index (χ3v) is 3.90. The molecule has 0 bridgehead atoms. The molecule has 3 aromatic rings. The number of amides is 1. The Morgan fingerprint density at radius 3 is 2.50 bits per heavy atom. The van der Waals surface area contributed by atoms with E-state index in [-0.39, 0.29) is 11.7 Å². The van der Waals surface area contributed by atoms with Crippen LogP contribution in [0.2, 0.25) is 0 Å². The van der Waals surface area contributed by atoms with E-state index in [4.69, 9.17) is 0 Å². The Morgan fingerprint density at radius 1 is 1.12 bits per heavy atom. The van der Waals surface area contributed by atoms with Crippen molar-refractivity contribution in [2.75, 3.05) is 13.1 Å². The highest BCUT2D eigenvalue weighted by molar-refractivity contribution is 5.97. The number of carbonyl (C=O) groups excluding carboxylic acids is 2. The maximum Gasteiger partial charge on any atom is 0.256 e. The third kappa shape index (κ3) is 3.66. The molecule has 0 saturated heterocycles. The van der Waals surface area contributed by atoms with Gasteiger partial charge >= 0.3 is 0 Å². The number of carbonyl (C=O) groups is 2. The number of hydrogen-bond donors (Lipinski definition) is 0. The van der Waals surface area contributed by atoms with Gasteiger partial charge in [-0.2, -0.15) is 30.0 Å². The lowest BCUT2D eigenvalue weighted by atomic mass is 10.1. The third-order valence-electron chi connectivity index (χ3n) is 3.90. The lowest BCUT2D eigenvalue weighted by Gasteiger charge is -2.21. The Morgan fingerprint density at radius 2 is 1.85 bits per heavy atom. The molecular formula is C17H19N7O2. The van der Waals surface area contributed by atoms with Crippen LogP contribution in [-0.4, -0.2) is 59.7 Å². The molecule has 0 aliphatic rings. The van der Waals surface area contributed by atoms with Gasteiger partial charge in [0, 0.05) is 20.0 Å². The quantitative estimate of drug-likeness (QED) is 0.592. The first-order valence-electron chi connectivity index (χ1n) is 8.26.